The lowest BCUT2D eigenvalue weighted by Gasteiger charge is -2.32. The Kier molecular flexibility index (Phi) is 11.0. The number of allylic oxidation sites excluding steroid dienone is 3. The Labute approximate surface area is 335 Å². The largest absolute Gasteiger partial charge is 0.748 e. The minimum Gasteiger partial charge on any atom is -0.748 e. The molecule has 302 valence electrons. The van der Waals surface area contributed by atoms with Crippen LogP contribution in [0.25, 0.3) is 22.8 Å². The topological polar surface area (TPSA) is 139 Å². The minimum atomic E-state index is -4.57. The fourth-order valence-corrected chi connectivity index (χ4v) is 9.38. The fourth-order valence-electron chi connectivity index (χ4n) is 8.76. The van der Waals surface area contributed by atoms with Gasteiger partial charge in [0.15, 0.2) is 0 Å². The van der Waals surface area contributed by atoms with Crippen molar-refractivity contribution in [2.24, 2.45) is 10.8 Å². The summed E-state index contributed by atoms with van der Waals surface area (Å²) in [5.74, 6) is 0.227. The Hall–Kier alpha value is -4.81. The lowest BCUT2D eigenvalue weighted by atomic mass is 9.74. The van der Waals surface area contributed by atoms with Gasteiger partial charge in [-0.15, -0.1) is 5.06 Å². The monoisotopic (exact) mass is 795 g/mol. The van der Waals surface area contributed by atoms with Crippen LogP contribution in [0.4, 0.5) is 0 Å². The molecule has 4 aliphatic rings. The van der Waals surface area contributed by atoms with Crippen molar-refractivity contribution >= 4 is 50.7 Å². The standard InChI is InChI=1S/C45H53N3O8S/c1-7-9-16-46-18-19-47(17-12-10-11-13-41(51)56-48-39(49)14-15-40(48)50)43(46)42-35-22-33-29(8-2)24-44(3,4)25-30(33)20-37(35)55-38-21-31-26-45(5,6)27-32(28-57(52,53)54)34(31)23-36(38)42/h18-24,26-27H,7-17,25,28H2,1-6H3. The second-order valence-electron chi connectivity index (χ2n) is 17.2. The van der Waals surface area contributed by atoms with E-state index in [9.17, 15) is 27.4 Å². The van der Waals surface area contributed by atoms with Gasteiger partial charge in [0, 0.05) is 35.5 Å². The van der Waals surface area contributed by atoms with Crippen molar-refractivity contribution in [3.63, 3.8) is 0 Å². The molecule has 3 heterocycles. The molecule has 3 aromatic rings. The first-order valence-corrected chi connectivity index (χ1v) is 21.8. The zero-order valence-corrected chi connectivity index (χ0v) is 34.7. The van der Waals surface area contributed by atoms with Crippen molar-refractivity contribution in [1.29, 1.82) is 0 Å². The number of carbonyl (C=O) groups excluding carboxylic acids is 3. The number of aryl methyl sites for hydroxylation is 2. The highest BCUT2D eigenvalue weighted by Crippen LogP contribution is 2.45. The molecule has 11 nitrogen and oxygen atoms in total. The molecule has 7 rings (SSSR count). The van der Waals surface area contributed by atoms with Gasteiger partial charge in [-0.25, -0.2) is 22.3 Å². The second-order valence-corrected chi connectivity index (χ2v) is 18.6. The number of hydrogen-bond donors (Lipinski definition) is 0. The van der Waals surface area contributed by atoms with Gasteiger partial charge in [0.2, 0.25) is 0 Å². The van der Waals surface area contributed by atoms with Gasteiger partial charge < -0.3 is 14.1 Å². The van der Waals surface area contributed by atoms with Gasteiger partial charge in [0.25, 0.3) is 17.6 Å². The van der Waals surface area contributed by atoms with Gasteiger partial charge in [0.1, 0.15) is 23.9 Å². The second kappa shape index (κ2) is 15.5. The Bertz CT molecular complexity index is 2450. The molecule has 1 fully saturated rings. The van der Waals surface area contributed by atoms with E-state index in [1.165, 1.54) is 16.7 Å². The molecular formula is C45H53N3O8S. The predicted molar refractivity (Wildman–Crippen MR) is 216 cm³/mol. The predicted octanol–water partition coefficient (Wildman–Crippen LogP) is 6.22. The number of imide groups is 1. The van der Waals surface area contributed by atoms with Crippen molar-refractivity contribution in [3.05, 3.63) is 87.3 Å². The third-order valence-corrected chi connectivity index (χ3v) is 11.9. The third-order valence-electron chi connectivity index (χ3n) is 11.2. The maximum Gasteiger partial charge on any atom is 0.333 e. The number of unbranched alkanes of at least 4 members (excludes halogenated alkanes) is 3. The van der Waals surface area contributed by atoms with Crippen molar-refractivity contribution in [3.8, 4) is 11.5 Å². The highest BCUT2D eigenvalue weighted by atomic mass is 32.2. The van der Waals surface area contributed by atoms with E-state index in [0.717, 1.165) is 71.8 Å². The molecule has 1 saturated heterocycles. The Morgan fingerprint density at radius 3 is 2.35 bits per heavy atom. The number of nitrogens with zero attached hydrogens (tertiary/aromatic N) is 3. The number of aromatic nitrogens is 2. The highest BCUT2D eigenvalue weighted by Gasteiger charge is 2.35. The van der Waals surface area contributed by atoms with Crippen LogP contribution in [0.3, 0.4) is 0 Å². The van der Waals surface area contributed by atoms with Gasteiger partial charge in [-0.3, -0.25) is 9.59 Å². The first-order valence-electron chi connectivity index (χ1n) is 20.3. The molecular weight excluding hydrogens is 743 g/mol. The lowest BCUT2D eigenvalue weighted by Crippen LogP contribution is -2.39. The molecule has 2 aromatic carbocycles. The molecule has 57 heavy (non-hydrogen) atoms. The molecule has 2 aliphatic carbocycles. The minimum absolute atomic E-state index is 0.00636. The Morgan fingerprint density at radius 2 is 1.65 bits per heavy atom. The summed E-state index contributed by atoms with van der Waals surface area (Å²) in [6.07, 6.45) is 16.5. The quantitative estimate of drug-likeness (QED) is 0.0635. The normalized spacial score (nSPS) is 17.8. The molecule has 12 heteroatoms. The molecule has 0 unspecified atom stereocenters. The summed E-state index contributed by atoms with van der Waals surface area (Å²) in [6, 6.07) is 8.47. The molecule has 0 atom stereocenters. The van der Waals surface area contributed by atoms with Gasteiger partial charge in [-0.05, 0) is 101 Å². The van der Waals surface area contributed by atoms with E-state index in [1.54, 1.807) is 0 Å². The molecule has 0 bridgehead atoms. The number of carbonyl (C=O) groups is 3. The van der Waals surface area contributed by atoms with Crippen LogP contribution in [0.5, 0.6) is 11.5 Å². The first kappa shape index (κ1) is 40.4. The summed E-state index contributed by atoms with van der Waals surface area (Å²) in [5, 5.41) is 2.24. The van der Waals surface area contributed by atoms with Crippen LogP contribution in [0.1, 0.15) is 127 Å². The van der Waals surface area contributed by atoms with E-state index in [-0.39, 0.29) is 24.7 Å². The number of benzene rings is 2. The molecule has 0 saturated carbocycles. The molecule has 2 aliphatic heterocycles. The van der Waals surface area contributed by atoms with E-state index in [2.05, 4.69) is 73.5 Å². The van der Waals surface area contributed by atoms with Crippen molar-refractivity contribution in [2.45, 2.75) is 119 Å². The third kappa shape index (κ3) is 8.57. The number of ether oxygens (including phenoxy) is 1. The van der Waals surface area contributed by atoms with Gasteiger partial charge >= 0.3 is 5.97 Å². The highest BCUT2D eigenvalue weighted by molar-refractivity contribution is 7.86. The molecule has 0 spiro atoms. The average Bonchev–Trinajstić information content (AvgIpc) is 3.66. The summed E-state index contributed by atoms with van der Waals surface area (Å²) in [6.45, 7) is 14.3. The van der Waals surface area contributed by atoms with Crippen molar-refractivity contribution in [2.75, 3.05) is 5.75 Å². The maximum atomic E-state index is 12.5. The van der Waals surface area contributed by atoms with E-state index < -0.39 is 39.1 Å². The van der Waals surface area contributed by atoms with Crippen LogP contribution in [-0.2, 0) is 48.8 Å². The van der Waals surface area contributed by atoms with E-state index in [0.29, 0.717) is 41.3 Å². The van der Waals surface area contributed by atoms with Crippen LogP contribution in [0.15, 0.2) is 48.8 Å². The maximum absolute atomic E-state index is 12.5. The van der Waals surface area contributed by atoms with Crippen molar-refractivity contribution < 1.29 is 41.5 Å². The van der Waals surface area contributed by atoms with Gasteiger partial charge in [-0.1, -0.05) is 66.2 Å². The van der Waals surface area contributed by atoms with E-state index >= 15 is 0 Å². The number of hydroxylamine groups is 2. The van der Waals surface area contributed by atoms with Gasteiger partial charge in [0.05, 0.1) is 34.5 Å². The summed E-state index contributed by atoms with van der Waals surface area (Å²) < 4.78 is 48.1. The fraction of sp³-hybridized carbons (Fsp3) is 0.467. The zero-order valence-electron chi connectivity index (χ0n) is 33.9. The summed E-state index contributed by atoms with van der Waals surface area (Å²) in [5.41, 5.74) is 6.34. The summed E-state index contributed by atoms with van der Waals surface area (Å²) in [4.78, 5) is 41.4. The van der Waals surface area contributed by atoms with Crippen LogP contribution >= 0.6 is 0 Å². The van der Waals surface area contributed by atoms with Crippen LogP contribution in [0, 0.1) is 10.8 Å². The lowest BCUT2D eigenvalue weighted by molar-refractivity contribution is -0.699. The van der Waals surface area contributed by atoms with Crippen molar-refractivity contribution in [1.82, 2.24) is 9.63 Å². The number of hydrogen-bond acceptors (Lipinski definition) is 8. The van der Waals surface area contributed by atoms with Gasteiger partial charge in [-0.2, -0.15) is 0 Å². The van der Waals surface area contributed by atoms with Crippen LogP contribution < -0.4 is 19.7 Å². The Balaban J connectivity index is 1.34. The molecule has 0 N–H and O–H groups in total. The average molecular weight is 796 g/mol. The first-order chi connectivity index (χ1) is 27.0. The number of amides is 2. The van der Waals surface area contributed by atoms with Crippen LogP contribution in [-0.4, -0.2) is 46.1 Å². The number of fused-ring (bicyclic) bond motifs is 4. The smallest absolute Gasteiger partial charge is 0.333 e. The summed E-state index contributed by atoms with van der Waals surface area (Å²) >= 11 is 0. The molecule has 0 radical (unpaired) electrons. The van der Waals surface area contributed by atoms with E-state index in [1.807, 2.05) is 32.1 Å². The molecule has 1 aromatic heterocycles. The number of rotatable bonds is 14. The molecule has 2 amide bonds. The van der Waals surface area contributed by atoms with E-state index in [4.69, 9.17) is 9.57 Å². The number of imidazole rings is 1. The van der Waals surface area contributed by atoms with Crippen LogP contribution in [0.2, 0.25) is 0 Å². The zero-order chi connectivity index (χ0) is 40.9. The Morgan fingerprint density at radius 1 is 0.895 bits per heavy atom. The SMILES string of the molecule is CCCCn1cc[n+](CCCCCC(=O)ON2C(=O)CCC2=O)c1C1=c2cc3c(cc2Oc2cc4c(cc21)C(CC)=CC(C)(C)C4)=CC(C)(C)C=C3CS(=O)(=O)[O-]. The summed E-state index contributed by atoms with van der Waals surface area (Å²) in [7, 11) is -4.57.